The predicted octanol–water partition coefficient (Wildman–Crippen LogP) is 2.13. The predicted molar refractivity (Wildman–Crippen MR) is 54.5 cm³/mol. The van der Waals surface area contributed by atoms with Crippen molar-refractivity contribution in [1.29, 1.82) is 0 Å². The van der Waals surface area contributed by atoms with Gasteiger partial charge in [0.25, 0.3) is 0 Å². The summed E-state index contributed by atoms with van der Waals surface area (Å²) >= 11 is 0. The van der Waals surface area contributed by atoms with E-state index >= 15 is 0 Å². The first-order valence-corrected chi connectivity index (χ1v) is 5.41. The summed E-state index contributed by atoms with van der Waals surface area (Å²) in [4.78, 5) is 0. The monoisotopic (exact) mass is 246 g/mol. The number of aliphatic hydroxyl groups is 2. The van der Waals surface area contributed by atoms with Gasteiger partial charge in [0.15, 0.2) is 17.9 Å². The maximum Gasteiger partial charge on any atom is 0.161 e. The molecule has 1 aliphatic rings. The highest BCUT2D eigenvalue weighted by Crippen LogP contribution is 2.52. The molecule has 17 heavy (non-hydrogen) atoms. The highest BCUT2D eigenvalue weighted by atomic mass is 19.2. The summed E-state index contributed by atoms with van der Waals surface area (Å²) in [6.45, 7) is 0. The Balaban J connectivity index is 2.16. The molecule has 0 aromatic heterocycles. The van der Waals surface area contributed by atoms with Crippen LogP contribution in [0, 0.1) is 22.9 Å². The van der Waals surface area contributed by atoms with Gasteiger partial charge < -0.3 is 10.2 Å². The maximum absolute atomic E-state index is 13.4. The largest absolute Gasteiger partial charge is 0.368 e. The van der Waals surface area contributed by atoms with E-state index < -0.39 is 23.7 Å². The minimum absolute atomic E-state index is 0.0852. The van der Waals surface area contributed by atoms with Gasteiger partial charge in [-0.05, 0) is 36.3 Å². The van der Waals surface area contributed by atoms with E-state index in [2.05, 4.69) is 0 Å². The number of benzene rings is 1. The summed E-state index contributed by atoms with van der Waals surface area (Å²) in [6, 6.07) is 1.37. The Morgan fingerprint density at radius 2 is 1.65 bits per heavy atom. The van der Waals surface area contributed by atoms with Gasteiger partial charge in [0.1, 0.15) is 5.82 Å². The van der Waals surface area contributed by atoms with Gasteiger partial charge in [0, 0.05) is 12.5 Å². The first-order chi connectivity index (χ1) is 7.92. The lowest BCUT2D eigenvalue weighted by atomic mass is 9.92. The Hall–Kier alpha value is -1.07. The number of hydrogen-bond acceptors (Lipinski definition) is 2. The van der Waals surface area contributed by atoms with E-state index in [1.54, 1.807) is 0 Å². The molecule has 0 spiro atoms. The number of hydrogen-bond donors (Lipinski definition) is 2. The summed E-state index contributed by atoms with van der Waals surface area (Å²) in [5.41, 5.74) is -0.290. The smallest absolute Gasteiger partial charge is 0.161 e. The molecular weight excluding hydrogens is 233 g/mol. The van der Waals surface area contributed by atoms with Crippen LogP contribution in [0.3, 0.4) is 0 Å². The van der Waals surface area contributed by atoms with Crippen molar-refractivity contribution < 1.29 is 23.4 Å². The lowest BCUT2D eigenvalue weighted by Crippen LogP contribution is -2.16. The van der Waals surface area contributed by atoms with E-state index in [9.17, 15) is 13.2 Å². The van der Waals surface area contributed by atoms with Gasteiger partial charge in [0.05, 0.1) is 0 Å². The van der Waals surface area contributed by atoms with Crippen LogP contribution >= 0.6 is 0 Å². The number of aliphatic hydroxyl groups excluding tert-OH is 1. The molecule has 2 N–H and O–H groups in total. The third-order valence-corrected chi connectivity index (χ3v) is 3.23. The molecule has 0 amide bonds. The molecule has 0 radical (unpaired) electrons. The van der Waals surface area contributed by atoms with Gasteiger partial charge in [0.2, 0.25) is 0 Å². The summed E-state index contributed by atoms with van der Waals surface area (Å²) in [5.74, 6) is -3.08. The molecule has 0 aliphatic heterocycles. The SMILES string of the molecule is OC(O)CC1(Cc2cc(F)c(F)cc2F)CC1. The zero-order chi connectivity index (χ0) is 12.6. The second kappa shape index (κ2) is 4.31. The summed E-state index contributed by atoms with van der Waals surface area (Å²) < 4.78 is 39.1. The van der Waals surface area contributed by atoms with Crippen molar-refractivity contribution in [3.63, 3.8) is 0 Å². The molecule has 1 aromatic rings. The van der Waals surface area contributed by atoms with Gasteiger partial charge in [-0.3, -0.25) is 0 Å². The van der Waals surface area contributed by atoms with E-state index in [1.807, 2.05) is 0 Å². The lowest BCUT2D eigenvalue weighted by molar-refractivity contribution is -0.0591. The Labute approximate surface area is 96.7 Å². The average Bonchev–Trinajstić information content (AvgIpc) is 2.93. The topological polar surface area (TPSA) is 40.5 Å². The van der Waals surface area contributed by atoms with Crippen molar-refractivity contribution in [2.45, 2.75) is 32.0 Å². The maximum atomic E-state index is 13.4. The third kappa shape index (κ3) is 2.79. The Bertz CT molecular complexity index is 428. The van der Waals surface area contributed by atoms with Crippen LogP contribution in [-0.4, -0.2) is 16.5 Å². The van der Waals surface area contributed by atoms with Crippen LogP contribution in [0.2, 0.25) is 0 Å². The zero-order valence-corrected chi connectivity index (χ0v) is 9.09. The van der Waals surface area contributed by atoms with Crippen LogP contribution in [0.1, 0.15) is 24.8 Å². The molecule has 0 heterocycles. The second-order valence-electron chi connectivity index (χ2n) is 4.72. The average molecular weight is 246 g/mol. The summed E-state index contributed by atoms with van der Waals surface area (Å²) in [7, 11) is 0. The molecule has 0 saturated heterocycles. The van der Waals surface area contributed by atoms with Crippen LogP contribution in [0.25, 0.3) is 0 Å². The lowest BCUT2D eigenvalue weighted by Gasteiger charge is -2.16. The standard InChI is InChI=1S/C12H13F3O2/c13-8-4-10(15)9(14)3-7(8)5-12(1-2-12)6-11(16)17/h3-4,11,16-17H,1-2,5-6H2. The molecule has 1 saturated carbocycles. The van der Waals surface area contributed by atoms with Gasteiger partial charge in [-0.25, -0.2) is 13.2 Å². The molecule has 0 unspecified atom stereocenters. The van der Waals surface area contributed by atoms with E-state index in [0.717, 1.165) is 18.9 Å². The number of halogens is 3. The minimum Gasteiger partial charge on any atom is -0.368 e. The first kappa shape index (κ1) is 12.4. The molecular formula is C12H13F3O2. The van der Waals surface area contributed by atoms with Crippen LogP contribution in [0.5, 0.6) is 0 Å². The third-order valence-electron chi connectivity index (χ3n) is 3.23. The molecule has 2 nitrogen and oxygen atoms in total. The fraction of sp³-hybridized carbons (Fsp3) is 0.500. The Morgan fingerprint density at radius 1 is 1.06 bits per heavy atom. The Kier molecular flexibility index (Phi) is 3.14. The Morgan fingerprint density at radius 3 is 2.18 bits per heavy atom. The van der Waals surface area contributed by atoms with Gasteiger partial charge in [-0.15, -0.1) is 0 Å². The quantitative estimate of drug-likeness (QED) is 0.631. The van der Waals surface area contributed by atoms with Crippen molar-refractivity contribution in [3.05, 3.63) is 35.1 Å². The second-order valence-corrected chi connectivity index (χ2v) is 4.72. The molecule has 1 fully saturated rings. The summed E-state index contributed by atoms with van der Waals surface area (Å²) in [6.07, 6.45) is 0.358. The molecule has 5 heteroatoms. The van der Waals surface area contributed by atoms with Crippen LogP contribution < -0.4 is 0 Å². The molecule has 0 bridgehead atoms. The highest BCUT2D eigenvalue weighted by Gasteiger charge is 2.44. The van der Waals surface area contributed by atoms with E-state index in [1.165, 1.54) is 0 Å². The van der Waals surface area contributed by atoms with E-state index in [-0.39, 0.29) is 23.8 Å². The van der Waals surface area contributed by atoms with Crippen molar-refractivity contribution in [3.8, 4) is 0 Å². The molecule has 2 rings (SSSR count). The van der Waals surface area contributed by atoms with E-state index in [4.69, 9.17) is 10.2 Å². The zero-order valence-electron chi connectivity index (χ0n) is 9.09. The molecule has 1 aromatic carbocycles. The fourth-order valence-corrected chi connectivity index (χ4v) is 2.12. The first-order valence-electron chi connectivity index (χ1n) is 5.41. The van der Waals surface area contributed by atoms with E-state index in [0.29, 0.717) is 6.07 Å². The van der Waals surface area contributed by atoms with Crippen molar-refractivity contribution >= 4 is 0 Å². The van der Waals surface area contributed by atoms with Crippen molar-refractivity contribution in [2.24, 2.45) is 5.41 Å². The fourth-order valence-electron chi connectivity index (χ4n) is 2.12. The molecule has 94 valence electrons. The van der Waals surface area contributed by atoms with Crippen LogP contribution in [0.4, 0.5) is 13.2 Å². The minimum atomic E-state index is -1.45. The van der Waals surface area contributed by atoms with Crippen molar-refractivity contribution in [1.82, 2.24) is 0 Å². The summed E-state index contributed by atoms with van der Waals surface area (Å²) in [5, 5.41) is 17.8. The highest BCUT2D eigenvalue weighted by molar-refractivity contribution is 5.23. The van der Waals surface area contributed by atoms with Crippen LogP contribution in [0.15, 0.2) is 12.1 Å². The van der Waals surface area contributed by atoms with Gasteiger partial charge in [-0.1, -0.05) is 0 Å². The number of rotatable bonds is 4. The molecule has 0 atom stereocenters. The van der Waals surface area contributed by atoms with Gasteiger partial charge >= 0.3 is 0 Å². The van der Waals surface area contributed by atoms with Crippen molar-refractivity contribution in [2.75, 3.05) is 0 Å². The van der Waals surface area contributed by atoms with Crippen LogP contribution in [-0.2, 0) is 6.42 Å². The van der Waals surface area contributed by atoms with Gasteiger partial charge in [-0.2, -0.15) is 0 Å². The normalized spacial score (nSPS) is 17.5. The molecule has 1 aliphatic carbocycles.